The summed E-state index contributed by atoms with van der Waals surface area (Å²) in [5, 5.41) is 2.98. The third kappa shape index (κ3) is 6.03. The zero-order valence-electron chi connectivity index (χ0n) is 16.2. The van der Waals surface area contributed by atoms with Crippen LogP contribution in [0.25, 0.3) is 0 Å². The van der Waals surface area contributed by atoms with Crippen LogP contribution >= 0.6 is 0 Å². The number of ether oxygens (including phenoxy) is 1. The van der Waals surface area contributed by atoms with Crippen molar-refractivity contribution in [3.05, 3.63) is 48.4 Å². The third-order valence-electron chi connectivity index (χ3n) is 4.67. The molecule has 2 amide bonds. The smallest absolute Gasteiger partial charge is 0.321 e. The largest absolute Gasteiger partial charge is 0.494 e. The number of urea groups is 1. The second-order valence-corrected chi connectivity index (χ2v) is 7.33. The molecule has 27 heavy (non-hydrogen) atoms. The van der Waals surface area contributed by atoms with Crippen LogP contribution in [0.4, 0.5) is 10.5 Å². The number of carbonyl (C=O) groups is 1. The van der Waals surface area contributed by atoms with Crippen molar-refractivity contribution in [1.29, 1.82) is 0 Å². The van der Waals surface area contributed by atoms with Crippen LogP contribution in [0.15, 0.2) is 47.1 Å². The molecule has 0 aliphatic carbocycles. The Labute approximate surface area is 161 Å². The Balaban J connectivity index is 1.45. The Hall–Kier alpha value is -2.47. The van der Waals surface area contributed by atoms with Gasteiger partial charge in [-0.2, -0.15) is 0 Å². The number of nitrogens with one attached hydrogen (secondary N) is 1. The van der Waals surface area contributed by atoms with Crippen molar-refractivity contribution in [2.45, 2.75) is 26.8 Å². The molecule has 2 heterocycles. The molecule has 0 unspecified atom stereocenters. The van der Waals surface area contributed by atoms with Crippen LogP contribution in [0.1, 0.15) is 26.0 Å². The molecule has 0 atom stereocenters. The number of benzene rings is 1. The molecule has 1 saturated heterocycles. The van der Waals surface area contributed by atoms with E-state index in [0.717, 1.165) is 43.3 Å². The first-order valence-electron chi connectivity index (χ1n) is 9.63. The van der Waals surface area contributed by atoms with Crippen LogP contribution in [0, 0.1) is 5.92 Å². The maximum atomic E-state index is 12.5. The lowest BCUT2D eigenvalue weighted by Crippen LogP contribution is -2.49. The fourth-order valence-electron chi connectivity index (χ4n) is 3.01. The number of carbonyl (C=O) groups excluding carboxylic acids is 1. The summed E-state index contributed by atoms with van der Waals surface area (Å²) in [4.78, 5) is 16.7. The molecule has 1 N–H and O–H groups in total. The summed E-state index contributed by atoms with van der Waals surface area (Å²) in [5.74, 6) is 2.36. The molecule has 0 bridgehead atoms. The molecule has 6 heteroatoms. The number of hydrogen-bond donors (Lipinski definition) is 1. The van der Waals surface area contributed by atoms with Crippen LogP contribution < -0.4 is 10.1 Å². The number of hydrogen-bond acceptors (Lipinski definition) is 4. The molecule has 0 saturated carbocycles. The van der Waals surface area contributed by atoms with E-state index in [-0.39, 0.29) is 6.03 Å². The van der Waals surface area contributed by atoms with E-state index in [4.69, 9.17) is 9.15 Å². The molecule has 2 aromatic rings. The first-order chi connectivity index (χ1) is 13.1. The Morgan fingerprint density at radius 3 is 2.70 bits per heavy atom. The molecule has 6 nitrogen and oxygen atoms in total. The van der Waals surface area contributed by atoms with Crippen molar-refractivity contribution < 1.29 is 13.9 Å². The van der Waals surface area contributed by atoms with Crippen LogP contribution in [0.2, 0.25) is 0 Å². The van der Waals surface area contributed by atoms with E-state index < -0.39 is 0 Å². The van der Waals surface area contributed by atoms with Crippen LogP contribution in [0.3, 0.4) is 0 Å². The van der Waals surface area contributed by atoms with Gasteiger partial charge in [0.25, 0.3) is 0 Å². The maximum absolute atomic E-state index is 12.5. The van der Waals surface area contributed by atoms with Gasteiger partial charge in [0.15, 0.2) is 0 Å². The molecule has 0 radical (unpaired) electrons. The second-order valence-electron chi connectivity index (χ2n) is 7.33. The van der Waals surface area contributed by atoms with Crippen molar-refractivity contribution in [3.63, 3.8) is 0 Å². The van der Waals surface area contributed by atoms with Crippen molar-refractivity contribution in [3.8, 4) is 5.75 Å². The van der Waals surface area contributed by atoms with Gasteiger partial charge in [0.2, 0.25) is 0 Å². The molecule has 3 rings (SSSR count). The lowest BCUT2D eigenvalue weighted by atomic mass is 10.1. The lowest BCUT2D eigenvalue weighted by Gasteiger charge is -2.34. The predicted molar refractivity (Wildman–Crippen MR) is 106 cm³/mol. The second kappa shape index (κ2) is 9.46. The molecule has 1 aliphatic rings. The first-order valence-corrected chi connectivity index (χ1v) is 9.63. The van der Waals surface area contributed by atoms with Crippen molar-refractivity contribution in [2.24, 2.45) is 5.92 Å². The highest BCUT2D eigenvalue weighted by atomic mass is 16.5. The number of furan rings is 1. The monoisotopic (exact) mass is 371 g/mol. The average molecular weight is 371 g/mol. The standard InChI is InChI=1S/C21H29N3O3/c1-17(2)8-14-27-19-6-3-5-18(15-19)22-21(25)24-11-9-23(10-12-24)16-20-7-4-13-26-20/h3-7,13,15,17H,8-12,14,16H2,1-2H3,(H,22,25). The summed E-state index contributed by atoms with van der Waals surface area (Å²) in [6.45, 7) is 8.92. The summed E-state index contributed by atoms with van der Waals surface area (Å²) in [7, 11) is 0. The lowest BCUT2D eigenvalue weighted by molar-refractivity contribution is 0.137. The van der Waals surface area contributed by atoms with E-state index in [1.165, 1.54) is 0 Å². The van der Waals surface area contributed by atoms with Crippen molar-refractivity contribution in [1.82, 2.24) is 9.80 Å². The van der Waals surface area contributed by atoms with Crippen LogP contribution in [-0.4, -0.2) is 48.6 Å². The number of amides is 2. The molecular weight excluding hydrogens is 342 g/mol. The molecule has 1 aromatic heterocycles. The van der Waals surface area contributed by atoms with E-state index in [2.05, 4.69) is 24.1 Å². The summed E-state index contributed by atoms with van der Waals surface area (Å²) in [5.41, 5.74) is 0.764. The first kappa shape index (κ1) is 19.3. The maximum Gasteiger partial charge on any atom is 0.321 e. The van der Waals surface area contributed by atoms with Gasteiger partial charge in [0.05, 0.1) is 19.4 Å². The highest BCUT2D eigenvalue weighted by Gasteiger charge is 2.21. The van der Waals surface area contributed by atoms with Crippen molar-refractivity contribution in [2.75, 3.05) is 38.1 Å². The van der Waals surface area contributed by atoms with Gasteiger partial charge < -0.3 is 19.4 Å². The molecule has 1 aromatic carbocycles. The normalized spacial score (nSPS) is 15.1. The van der Waals surface area contributed by atoms with Gasteiger partial charge in [0, 0.05) is 37.9 Å². The van der Waals surface area contributed by atoms with E-state index >= 15 is 0 Å². The quantitative estimate of drug-likeness (QED) is 0.798. The van der Waals surface area contributed by atoms with Gasteiger partial charge in [-0.3, -0.25) is 4.90 Å². The van der Waals surface area contributed by atoms with Crippen LogP contribution in [0.5, 0.6) is 5.75 Å². The molecule has 0 spiro atoms. The van der Waals surface area contributed by atoms with Gasteiger partial charge in [-0.25, -0.2) is 4.79 Å². The zero-order valence-corrected chi connectivity index (χ0v) is 16.2. The highest BCUT2D eigenvalue weighted by molar-refractivity contribution is 5.89. The predicted octanol–water partition coefficient (Wildman–Crippen LogP) is 4.05. The Morgan fingerprint density at radius 1 is 1.19 bits per heavy atom. The minimum absolute atomic E-state index is 0.0630. The fourth-order valence-corrected chi connectivity index (χ4v) is 3.01. The summed E-state index contributed by atoms with van der Waals surface area (Å²) >= 11 is 0. The van der Waals surface area contributed by atoms with Crippen LogP contribution in [-0.2, 0) is 6.54 Å². The summed E-state index contributed by atoms with van der Waals surface area (Å²) in [6.07, 6.45) is 2.71. The van der Waals surface area contributed by atoms with E-state index in [0.29, 0.717) is 25.6 Å². The number of nitrogens with zero attached hydrogens (tertiary/aromatic N) is 2. The average Bonchev–Trinajstić information content (AvgIpc) is 3.15. The molecule has 1 fully saturated rings. The van der Waals surface area contributed by atoms with E-state index in [9.17, 15) is 4.79 Å². The Kier molecular flexibility index (Phi) is 6.76. The van der Waals surface area contributed by atoms with Gasteiger partial charge in [-0.05, 0) is 36.6 Å². The number of rotatable bonds is 7. The molecular formula is C21H29N3O3. The van der Waals surface area contributed by atoms with Gasteiger partial charge in [0.1, 0.15) is 11.5 Å². The topological polar surface area (TPSA) is 58.0 Å². The summed E-state index contributed by atoms with van der Waals surface area (Å²) < 4.78 is 11.2. The SMILES string of the molecule is CC(C)CCOc1cccc(NC(=O)N2CCN(Cc3ccco3)CC2)c1. The fraction of sp³-hybridized carbons (Fsp3) is 0.476. The molecule has 1 aliphatic heterocycles. The van der Waals surface area contributed by atoms with E-state index in [1.807, 2.05) is 41.3 Å². The minimum Gasteiger partial charge on any atom is -0.494 e. The Bertz CT molecular complexity index is 707. The summed E-state index contributed by atoms with van der Waals surface area (Å²) in [6, 6.07) is 11.4. The number of piperazine rings is 1. The van der Waals surface area contributed by atoms with E-state index in [1.54, 1.807) is 6.26 Å². The van der Waals surface area contributed by atoms with Gasteiger partial charge in [-0.1, -0.05) is 19.9 Å². The zero-order chi connectivity index (χ0) is 19.1. The van der Waals surface area contributed by atoms with Crippen molar-refractivity contribution >= 4 is 11.7 Å². The minimum atomic E-state index is -0.0630. The highest BCUT2D eigenvalue weighted by Crippen LogP contribution is 2.19. The molecule has 146 valence electrons. The van der Waals surface area contributed by atoms with Gasteiger partial charge in [-0.15, -0.1) is 0 Å². The Morgan fingerprint density at radius 2 is 2.00 bits per heavy atom. The number of anilines is 1. The third-order valence-corrected chi connectivity index (χ3v) is 4.67. The van der Waals surface area contributed by atoms with Gasteiger partial charge >= 0.3 is 6.03 Å².